The average Bonchev–Trinajstić information content (AvgIpc) is 3.00. The van der Waals surface area contributed by atoms with Crippen molar-refractivity contribution in [3.8, 4) is 0 Å². The molecule has 0 aliphatic rings. The van der Waals surface area contributed by atoms with Gasteiger partial charge in [0.05, 0.1) is 22.8 Å². The third kappa shape index (κ3) is 3.32. The molecule has 0 unspecified atom stereocenters. The van der Waals surface area contributed by atoms with E-state index in [2.05, 4.69) is 9.97 Å². The first-order valence-electron chi connectivity index (χ1n) is 8.75. The number of aryl methyl sites for hydroxylation is 2. The number of nitrogens with zero attached hydrogens (tertiary/aromatic N) is 2. The highest BCUT2D eigenvalue weighted by atomic mass is 16.5. The molecule has 142 valence electrons. The summed E-state index contributed by atoms with van der Waals surface area (Å²) in [4.78, 5) is 43.2. The Labute approximate surface area is 158 Å². The van der Waals surface area contributed by atoms with Crippen molar-refractivity contribution >= 4 is 28.0 Å². The van der Waals surface area contributed by atoms with Gasteiger partial charge in [-0.15, -0.1) is 0 Å². The number of aromatic nitrogens is 3. The Morgan fingerprint density at radius 3 is 2.86 bits per heavy atom. The molecule has 4 aromatic rings. The van der Waals surface area contributed by atoms with E-state index in [9.17, 15) is 14.4 Å². The first-order valence-corrected chi connectivity index (χ1v) is 8.75. The van der Waals surface area contributed by atoms with Gasteiger partial charge in [0.2, 0.25) is 0 Å². The Hall–Kier alpha value is -3.68. The molecule has 4 rings (SSSR count). The van der Waals surface area contributed by atoms with E-state index in [1.165, 1.54) is 4.57 Å². The van der Waals surface area contributed by atoms with Gasteiger partial charge in [-0.2, -0.15) is 0 Å². The van der Waals surface area contributed by atoms with Gasteiger partial charge >= 0.3 is 11.7 Å². The van der Waals surface area contributed by atoms with E-state index in [-0.39, 0.29) is 31.0 Å². The van der Waals surface area contributed by atoms with Gasteiger partial charge in [-0.05, 0) is 30.7 Å². The molecule has 0 saturated carbocycles. The van der Waals surface area contributed by atoms with E-state index in [0.717, 1.165) is 5.56 Å². The molecule has 0 amide bonds. The van der Waals surface area contributed by atoms with Gasteiger partial charge in [0.25, 0.3) is 5.56 Å². The maximum Gasteiger partial charge on any atom is 0.419 e. The van der Waals surface area contributed by atoms with E-state index in [1.807, 2.05) is 13.0 Å². The number of oxazole rings is 1. The maximum absolute atomic E-state index is 12.2. The Kier molecular flexibility index (Phi) is 4.52. The quantitative estimate of drug-likeness (QED) is 0.533. The molecule has 2 aromatic heterocycles. The number of rotatable bonds is 5. The molecule has 0 bridgehead atoms. The SMILES string of the molecule is Cc1cccc2c(=O)[nH]c(COC(=O)CCn3c(=O)oc4ccccc43)nc12. The summed E-state index contributed by atoms with van der Waals surface area (Å²) in [5, 5.41) is 0.487. The molecule has 8 nitrogen and oxygen atoms in total. The van der Waals surface area contributed by atoms with Crippen LogP contribution in [0.2, 0.25) is 0 Å². The van der Waals surface area contributed by atoms with Crippen LogP contribution in [0.4, 0.5) is 0 Å². The van der Waals surface area contributed by atoms with Crippen LogP contribution in [-0.2, 0) is 22.7 Å². The van der Waals surface area contributed by atoms with Crippen LogP contribution < -0.4 is 11.3 Å². The van der Waals surface area contributed by atoms with Crippen molar-refractivity contribution in [2.45, 2.75) is 26.5 Å². The molecule has 0 atom stereocenters. The number of fused-ring (bicyclic) bond motifs is 2. The standard InChI is InChI=1S/C20H17N3O5/c1-12-5-4-6-13-18(12)21-16(22-19(13)25)11-27-17(24)9-10-23-14-7-2-3-8-15(14)28-20(23)26/h2-8H,9-11H2,1H3,(H,21,22,25). The van der Waals surface area contributed by atoms with Gasteiger partial charge in [0, 0.05) is 6.54 Å². The predicted octanol–water partition coefficient (Wildman–Crippen LogP) is 2.27. The Balaban J connectivity index is 1.44. The number of nitrogens with one attached hydrogen (secondary N) is 1. The highest BCUT2D eigenvalue weighted by Crippen LogP contribution is 2.13. The molecule has 0 aliphatic heterocycles. The topological polar surface area (TPSA) is 107 Å². The van der Waals surface area contributed by atoms with Crippen LogP contribution in [0.25, 0.3) is 22.0 Å². The fraction of sp³-hybridized carbons (Fsp3) is 0.200. The number of hydrogen-bond donors (Lipinski definition) is 1. The van der Waals surface area contributed by atoms with Crippen molar-refractivity contribution in [2.24, 2.45) is 0 Å². The van der Waals surface area contributed by atoms with Crippen molar-refractivity contribution in [3.63, 3.8) is 0 Å². The number of benzene rings is 2. The minimum absolute atomic E-state index is 0.0136. The summed E-state index contributed by atoms with van der Waals surface area (Å²) in [6, 6.07) is 12.3. The second-order valence-electron chi connectivity index (χ2n) is 6.38. The molecule has 8 heteroatoms. The number of carbonyl (C=O) groups excluding carboxylic acids is 1. The van der Waals surface area contributed by atoms with Crippen molar-refractivity contribution < 1.29 is 13.9 Å². The minimum atomic E-state index is -0.523. The van der Waals surface area contributed by atoms with Crippen molar-refractivity contribution in [1.82, 2.24) is 14.5 Å². The molecule has 0 spiro atoms. The van der Waals surface area contributed by atoms with E-state index < -0.39 is 11.7 Å². The zero-order valence-electron chi connectivity index (χ0n) is 15.1. The Morgan fingerprint density at radius 1 is 1.18 bits per heavy atom. The van der Waals surface area contributed by atoms with Crippen LogP contribution >= 0.6 is 0 Å². The van der Waals surface area contributed by atoms with Crippen LogP contribution in [0.5, 0.6) is 0 Å². The highest BCUT2D eigenvalue weighted by Gasteiger charge is 2.12. The van der Waals surface area contributed by atoms with Crippen LogP contribution in [-0.4, -0.2) is 20.5 Å². The Bertz CT molecular complexity index is 1300. The number of hydrogen-bond acceptors (Lipinski definition) is 6. The Morgan fingerprint density at radius 2 is 2.00 bits per heavy atom. The van der Waals surface area contributed by atoms with Crippen LogP contribution in [0.1, 0.15) is 17.8 Å². The first-order chi connectivity index (χ1) is 13.5. The number of H-pyrrole nitrogens is 1. The molecule has 0 aliphatic carbocycles. The van der Waals surface area contributed by atoms with Gasteiger partial charge < -0.3 is 14.1 Å². The lowest BCUT2D eigenvalue weighted by atomic mass is 10.1. The molecular weight excluding hydrogens is 362 g/mol. The van der Waals surface area contributed by atoms with Gasteiger partial charge in [0.15, 0.2) is 5.58 Å². The number of esters is 1. The van der Waals surface area contributed by atoms with E-state index in [4.69, 9.17) is 9.15 Å². The van der Waals surface area contributed by atoms with Crippen LogP contribution in [0, 0.1) is 6.92 Å². The number of ether oxygens (including phenoxy) is 1. The van der Waals surface area contributed by atoms with Crippen LogP contribution in [0.3, 0.4) is 0 Å². The van der Waals surface area contributed by atoms with E-state index in [1.54, 1.807) is 36.4 Å². The predicted molar refractivity (Wildman–Crippen MR) is 102 cm³/mol. The zero-order valence-corrected chi connectivity index (χ0v) is 15.1. The third-order valence-corrected chi connectivity index (χ3v) is 4.47. The second-order valence-corrected chi connectivity index (χ2v) is 6.38. The van der Waals surface area contributed by atoms with Gasteiger partial charge in [-0.25, -0.2) is 9.78 Å². The fourth-order valence-corrected chi connectivity index (χ4v) is 3.07. The van der Waals surface area contributed by atoms with E-state index in [0.29, 0.717) is 22.0 Å². The lowest BCUT2D eigenvalue weighted by Gasteiger charge is -2.07. The fourth-order valence-electron chi connectivity index (χ4n) is 3.07. The smallest absolute Gasteiger partial charge is 0.419 e. The summed E-state index contributed by atoms with van der Waals surface area (Å²) in [6.07, 6.45) is -0.0136. The maximum atomic E-state index is 12.2. The molecular formula is C20H17N3O5. The number of carbonyl (C=O) groups is 1. The van der Waals surface area contributed by atoms with Gasteiger partial charge in [0.1, 0.15) is 12.4 Å². The van der Waals surface area contributed by atoms with Gasteiger partial charge in [-0.1, -0.05) is 24.3 Å². The summed E-state index contributed by atoms with van der Waals surface area (Å²) in [5.41, 5.74) is 2.25. The van der Waals surface area contributed by atoms with Crippen molar-refractivity contribution in [1.29, 1.82) is 0 Å². The number of aromatic amines is 1. The molecule has 0 fully saturated rings. The van der Waals surface area contributed by atoms with Gasteiger partial charge in [-0.3, -0.25) is 14.2 Å². The van der Waals surface area contributed by atoms with Crippen molar-refractivity contribution in [3.05, 3.63) is 74.8 Å². The monoisotopic (exact) mass is 379 g/mol. The molecule has 0 radical (unpaired) electrons. The lowest BCUT2D eigenvalue weighted by molar-refractivity contribution is -0.145. The van der Waals surface area contributed by atoms with Crippen LogP contribution in [0.15, 0.2) is 56.5 Å². The summed E-state index contributed by atoms with van der Waals surface area (Å²) >= 11 is 0. The minimum Gasteiger partial charge on any atom is -0.457 e. The largest absolute Gasteiger partial charge is 0.457 e. The average molecular weight is 379 g/mol. The third-order valence-electron chi connectivity index (χ3n) is 4.47. The summed E-state index contributed by atoms with van der Waals surface area (Å²) in [6.45, 7) is 1.84. The number of para-hydroxylation sites is 3. The highest BCUT2D eigenvalue weighted by molar-refractivity contribution is 5.80. The normalized spacial score (nSPS) is 11.2. The summed E-state index contributed by atoms with van der Waals surface area (Å²) in [7, 11) is 0. The lowest BCUT2D eigenvalue weighted by Crippen LogP contribution is -2.18. The first kappa shape index (κ1) is 17.7. The molecule has 2 heterocycles. The zero-order chi connectivity index (χ0) is 19.7. The molecule has 0 saturated heterocycles. The molecule has 1 N–H and O–H groups in total. The summed E-state index contributed by atoms with van der Waals surface area (Å²) < 4.78 is 11.7. The molecule has 2 aromatic carbocycles. The molecule has 28 heavy (non-hydrogen) atoms. The second kappa shape index (κ2) is 7.15. The van der Waals surface area contributed by atoms with Crippen molar-refractivity contribution in [2.75, 3.05) is 0 Å². The van der Waals surface area contributed by atoms with E-state index >= 15 is 0 Å². The summed E-state index contributed by atoms with van der Waals surface area (Å²) in [5.74, 6) is -0.763.